The van der Waals surface area contributed by atoms with E-state index in [2.05, 4.69) is 18.6 Å². The van der Waals surface area contributed by atoms with E-state index in [9.17, 15) is 8.42 Å². The number of nitrogens with one attached hydrogen (secondary N) is 1. The van der Waals surface area contributed by atoms with Crippen LogP contribution in [0.15, 0.2) is 0 Å². The summed E-state index contributed by atoms with van der Waals surface area (Å²) in [5.74, 6) is 0.856. The van der Waals surface area contributed by atoms with E-state index in [1.165, 1.54) is 0 Å². The second-order valence-corrected chi connectivity index (χ2v) is 6.10. The number of alkyl halides is 1. The first-order chi connectivity index (χ1) is 6.48. The molecule has 0 bridgehead atoms. The molecule has 3 nitrogen and oxygen atoms in total. The summed E-state index contributed by atoms with van der Waals surface area (Å²) in [6.45, 7) is 4.86. The van der Waals surface area contributed by atoms with Crippen LogP contribution >= 0.6 is 11.6 Å². The van der Waals surface area contributed by atoms with Gasteiger partial charge in [0.25, 0.3) is 0 Å². The highest BCUT2D eigenvalue weighted by Crippen LogP contribution is 2.05. The smallest absolute Gasteiger partial charge is 0.212 e. The summed E-state index contributed by atoms with van der Waals surface area (Å²) in [6.07, 6.45) is 3.12. The van der Waals surface area contributed by atoms with Gasteiger partial charge in [-0.05, 0) is 12.3 Å². The molecule has 0 aliphatic carbocycles. The van der Waals surface area contributed by atoms with Gasteiger partial charge in [-0.25, -0.2) is 13.1 Å². The average Bonchev–Trinajstić information content (AvgIpc) is 2.02. The van der Waals surface area contributed by atoms with Crippen molar-refractivity contribution in [3.05, 3.63) is 0 Å². The Labute approximate surface area is 92.3 Å². The van der Waals surface area contributed by atoms with E-state index in [1.807, 2.05) is 0 Å². The molecule has 0 aromatic carbocycles. The topological polar surface area (TPSA) is 46.2 Å². The van der Waals surface area contributed by atoms with Gasteiger partial charge in [0.05, 0.1) is 5.75 Å². The second-order valence-electron chi connectivity index (χ2n) is 3.79. The molecule has 0 saturated heterocycles. The van der Waals surface area contributed by atoms with Crippen molar-refractivity contribution < 1.29 is 8.42 Å². The minimum absolute atomic E-state index is 0.0126. The van der Waals surface area contributed by atoms with Crippen LogP contribution in [0.3, 0.4) is 0 Å². The van der Waals surface area contributed by atoms with Crippen LogP contribution < -0.4 is 4.72 Å². The molecule has 1 N–H and O–H groups in total. The first-order valence-corrected chi connectivity index (χ1v) is 7.20. The fourth-order valence-electron chi connectivity index (χ4n) is 1.08. The third kappa shape index (κ3) is 8.78. The van der Waals surface area contributed by atoms with E-state index in [1.54, 1.807) is 0 Å². The standard InChI is InChI=1S/C9H20ClNO2S/c1-9(2)5-3-4-7-11-14(12,13)8-6-10/h9,11H,3-8H2,1-2H3. The van der Waals surface area contributed by atoms with Crippen molar-refractivity contribution in [2.75, 3.05) is 18.2 Å². The maximum Gasteiger partial charge on any atom is 0.212 e. The largest absolute Gasteiger partial charge is 0.215 e. The Morgan fingerprint density at radius 3 is 2.43 bits per heavy atom. The number of rotatable bonds is 8. The van der Waals surface area contributed by atoms with E-state index in [-0.39, 0.29) is 11.6 Å². The predicted molar refractivity (Wildman–Crippen MR) is 61.2 cm³/mol. The molecule has 5 heteroatoms. The molecule has 0 rings (SSSR count). The third-order valence-corrected chi connectivity index (χ3v) is 3.67. The van der Waals surface area contributed by atoms with Crippen LogP contribution in [-0.2, 0) is 10.0 Å². The molecule has 0 spiro atoms. The highest BCUT2D eigenvalue weighted by Gasteiger charge is 2.07. The van der Waals surface area contributed by atoms with E-state index >= 15 is 0 Å². The Bertz CT molecular complexity index is 227. The van der Waals surface area contributed by atoms with Crippen molar-refractivity contribution in [3.8, 4) is 0 Å². The molecule has 0 heterocycles. The summed E-state index contributed by atoms with van der Waals surface area (Å²) in [7, 11) is -3.11. The van der Waals surface area contributed by atoms with Crippen LogP contribution in [0.25, 0.3) is 0 Å². The third-order valence-electron chi connectivity index (χ3n) is 1.88. The van der Waals surface area contributed by atoms with E-state index in [4.69, 9.17) is 11.6 Å². The molecule has 0 aromatic heterocycles. The van der Waals surface area contributed by atoms with Crippen LogP contribution in [0.4, 0.5) is 0 Å². The monoisotopic (exact) mass is 241 g/mol. The molecule has 0 aliphatic heterocycles. The lowest BCUT2D eigenvalue weighted by Crippen LogP contribution is -2.27. The van der Waals surface area contributed by atoms with Crippen molar-refractivity contribution in [3.63, 3.8) is 0 Å². The van der Waals surface area contributed by atoms with E-state index < -0.39 is 10.0 Å². The Morgan fingerprint density at radius 1 is 1.29 bits per heavy atom. The van der Waals surface area contributed by atoms with Gasteiger partial charge in [-0.1, -0.05) is 26.7 Å². The second kappa shape index (κ2) is 7.49. The number of hydrogen-bond acceptors (Lipinski definition) is 2. The fraction of sp³-hybridized carbons (Fsp3) is 1.00. The van der Waals surface area contributed by atoms with Crippen molar-refractivity contribution in [1.82, 2.24) is 4.72 Å². The zero-order chi connectivity index (χ0) is 11.0. The van der Waals surface area contributed by atoms with Gasteiger partial charge in [-0.3, -0.25) is 0 Å². The van der Waals surface area contributed by atoms with Crippen molar-refractivity contribution in [2.24, 2.45) is 5.92 Å². The molecule has 0 fully saturated rings. The quantitative estimate of drug-likeness (QED) is 0.522. The Morgan fingerprint density at radius 2 is 1.93 bits per heavy atom. The summed E-state index contributed by atoms with van der Waals surface area (Å²) in [6, 6.07) is 0. The van der Waals surface area contributed by atoms with Gasteiger partial charge in [0.1, 0.15) is 0 Å². The first kappa shape index (κ1) is 14.2. The highest BCUT2D eigenvalue weighted by atomic mass is 35.5. The molecule has 0 saturated carbocycles. The molecule has 14 heavy (non-hydrogen) atoms. The van der Waals surface area contributed by atoms with Crippen molar-refractivity contribution in [1.29, 1.82) is 0 Å². The lowest BCUT2D eigenvalue weighted by atomic mass is 10.1. The molecular formula is C9H20ClNO2S. The molecule has 0 amide bonds. The number of halogens is 1. The van der Waals surface area contributed by atoms with Crippen LogP contribution in [0.1, 0.15) is 33.1 Å². The average molecular weight is 242 g/mol. The molecule has 0 unspecified atom stereocenters. The SMILES string of the molecule is CC(C)CCCCNS(=O)(=O)CCCl. The van der Waals surface area contributed by atoms with E-state index in [0.29, 0.717) is 12.5 Å². The molecule has 0 aliphatic rings. The molecule has 86 valence electrons. The van der Waals surface area contributed by atoms with Gasteiger partial charge in [-0.15, -0.1) is 11.6 Å². The molecule has 0 atom stereocenters. The fourth-order valence-corrected chi connectivity index (χ4v) is 2.49. The lowest BCUT2D eigenvalue weighted by molar-refractivity contribution is 0.531. The van der Waals surface area contributed by atoms with Crippen molar-refractivity contribution in [2.45, 2.75) is 33.1 Å². The lowest BCUT2D eigenvalue weighted by Gasteiger charge is -2.06. The predicted octanol–water partition coefficient (Wildman–Crippen LogP) is 1.97. The van der Waals surface area contributed by atoms with Crippen LogP contribution in [0, 0.1) is 5.92 Å². The number of hydrogen-bond donors (Lipinski definition) is 1. The normalized spacial score (nSPS) is 12.3. The van der Waals surface area contributed by atoms with Crippen LogP contribution in [0.5, 0.6) is 0 Å². The first-order valence-electron chi connectivity index (χ1n) is 5.01. The minimum Gasteiger partial charge on any atom is -0.215 e. The zero-order valence-electron chi connectivity index (χ0n) is 8.92. The molecular weight excluding hydrogens is 222 g/mol. The van der Waals surface area contributed by atoms with Gasteiger partial charge in [-0.2, -0.15) is 0 Å². The van der Waals surface area contributed by atoms with Gasteiger partial charge in [0.2, 0.25) is 10.0 Å². The van der Waals surface area contributed by atoms with Gasteiger partial charge in [0.15, 0.2) is 0 Å². The van der Waals surface area contributed by atoms with Gasteiger partial charge < -0.3 is 0 Å². The summed E-state index contributed by atoms with van der Waals surface area (Å²) in [4.78, 5) is 0. The number of sulfonamides is 1. The van der Waals surface area contributed by atoms with Crippen LogP contribution in [0.2, 0.25) is 0 Å². The Balaban J connectivity index is 3.45. The summed E-state index contributed by atoms with van der Waals surface area (Å²) < 4.78 is 24.8. The number of unbranched alkanes of at least 4 members (excludes halogenated alkanes) is 1. The highest BCUT2D eigenvalue weighted by molar-refractivity contribution is 7.89. The van der Waals surface area contributed by atoms with Crippen molar-refractivity contribution >= 4 is 21.6 Å². The maximum absolute atomic E-state index is 11.1. The zero-order valence-corrected chi connectivity index (χ0v) is 10.5. The van der Waals surface area contributed by atoms with E-state index in [0.717, 1.165) is 19.3 Å². The molecule has 0 aromatic rings. The van der Waals surface area contributed by atoms with Gasteiger partial charge >= 0.3 is 0 Å². The molecule has 0 radical (unpaired) electrons. The maximum atomic E-state index is 11.1. The summed E-state index contributed by atoms with van der Waals surface area (Å²) in [5, 5.41) is 0. The Hall–Kier alpha value is 0.200. The van der Waals surface area contributed by atoms with Crippen LogP contribution in [-0.4, -0.2) is 26.6 Å². The van der Waals surface area contributed by atoms with Gasteiger partial charge in [0, 0.05) is 12.4 Å². The summed E-state index contributed by atoms with van der Waals surface area (Å²) >= 11 is 5.35. The Kier molecular flexibility index (Phi) is 7.59. The minimum atomic E-state index is -3.11. The summed E-state index contributed by atoms with van der Waals surface area (Å²) in [5.41, 5.74) is 0.